The number of hydrogen-bond acceptors (Lipinski definition) is 5. The molecule has 106 valence electrons. The van der Waals surface area contributed by atoms with Crippen molar-refractivity contribution in [2.24, 2.45) is 0 Å². The number of nitrogens with zero attached hydrogens (tertiary/aromatic N) is 2. The Bertz CT molecular complexity index is 556. The summed E-state index contributed by atoms with van der Waals surface area (Å²) in [5.41, 5.74) is 0.910. The summed E-state index contributed by atoms with van der Waals surface area (Å²) in [6.45, 7) is 0.583. The van der Waals surface area contributed by atoms with Gasteiger partial charge in [-0.3, -0.25) is 0 Å². The zero-order valence-corrected chi connectivity index (χ0v) is 11.4. The molecule has 0 saturated carbocycles. The van der Waals surface area contributed by atoms with Gasteiger partial charge in [0.2, 0.25) is 17.7 Å². The normalized spacial score (nSPS) is 10.2. The molecule has 5 nitrogen and oxygen atoms in total. The number of aromatic nitrogens is 2. The summed E-state index contributed by atoms with van der Waals surface area (Å²) >= 11 is 0. The Balaban J connectivity index is 1.96. The Morgan fingerprint density at radius 1 is 1.10 bits per heavy atom. The van der Waals surface area contributed by atoms with Crippen LogP contribution in [-0.4, -0.2) is 30.7 Å². The smallest absolute Gasteiger partial charge is 0.229 e. The van der Waals surface area contributed by atoms with Gasteiger partial charge in [0.1, 0.15) is 5.82 Å². The van der Waals surface area contributed by atoms with Gasteiger partial charge in [-0.25, -0.2) is 4.39 Å². The van der Waals surface area contributed by atoms with Crippen molar-refractivity contribution < 1.29 is 13.9 Å². The van der Waals surface area contributed by atoms with Crippen molar-refractivity contribution in [3.8, 4) is 11.8 Å². The Morgan fingerprint density at radius 3 is 2.40 bits per heavy atom. The molecule has 2 aromatic rings. The summed E-state index contributed by atoms with van der Waals surface area (Å²) in [5.74, 6) is 1.02. The first-order chi connectivity index (χ1) is 9.71. The average Bonchev–Trinajstić information content (AvgIpc) is 2.47. The van der Waals surface area contributed by atoms with E-state index >= 15 is 0 Å². The van der Waals surface area contributed by atoms with E-state index in [9.17, 15) is 4.39 Å². The van der Waals surface area contributed by atoms with Crippen molar-refractivity contribution in [2.45, 2.75) is 6.42 Å². The van der Waals surface area contributed by atoms with Crippen molar-refractivity contribution in [1.82, 2.24) is 9.97 Å². The minimum Gasteiger partial charge on any atom is -0.481 e. The van der Waals surface area contributed by atoms with Crippen LogP contribution in [0.1, 0.15) is 5.56 Å². The van der Waals surface area contributed by atoms with E-state index in [1.807, 2.05) is 6.07 Å². The Kier molecular flexibility index (Phi) is 4.70. The van der Waals surface area contributed by atoms with E-state index in [1.54, 1.807) is 12.1 Å². The van der Waals surface area contributed by atoms with Gasteiger partial charge < -0.3 is 14.8 Å². The SMILES string of the molecule is COc1cc(OC)nc(NCCc2cccc(F)c2)n1. The molecule has 20 heavy (non-hydrogen) atoms. The standard InChI is InChI=1S/C14H16FN3O2/c1-19-12-9-13(20-2)18-14(17-12)16-7-6-10-4-3-5-11(15)8-10/h3-5,8-9H,6-7H2,1-2H3,(H,16,17,18). The molecule has 0 aliphatic rings. The third-order valence-corrected chi connectivity index (χ3v) is 2.68. The van der Waals surface area contributed by atoms with Gasteiger partial charge in [0.15, 0.2) is 0 Å². The molecule has 0 atom stereocenters. The lowest BCUT2D eigenvalue weighted by molar-refractivity contribution is 0.373. The second-order valence-electron chi connectivity index (χ2n) is 4.08. The number of halogens is 1. The lowest BCUT2D eigenvalue weighted by Crippen LogP contribution is -2.09. The highest BCUT2D eigenvalue weighted by Crippen LogP contribution is 2.17. The molecule has 1 aromatic heterocycles. The van der Waals surface area contributed by atoms with Crippen LogP contribution >= 0.6 is 0 Å². The highest BCUT2D eigenvalue weighted by molar-refractivity contribution is 5.33. The van der Waals surface area contributed by atoms with Crippen LogP contribution in [0, 0.1) is 5.82 Å². The quantitative estimate of drug-likeness (QED) is 0.878. The third kappa shape index (κ3) is 3.81. The van der Waals surface area contributed by atoms with Gasteiger partial charge in [-0.2, -0.15) is 9.97 Å². The van der Waals surface area contributed by atoms with E-state index in [1.165, 1.54) is 26.4 Å². The largest absolute Gasteiger partial charge is 0.481 e. The molecule has 6 heteroatoms. The lowest BCUT2D eigenvalue weighted by Gasteiger charge is -2.08. The highest BCUT2D eigenvalue weighted by Gasteiger charge is 2.04. The summed E-state index contributed by atoms with van der Waals surface area (Å²) in [6.07, 6.45) is 0.667. The molecule has 0 aliphatic heterocycles. The number of rotatable bonds is 6. The van der Waals surface area contributed by atoms with Gasteiger partial charge in [0.05, 0.1) is 20.3 Å². The number of hydrogen-bond donors (Lipinski definition) is 1. The average molecular weight is 277 g/mol. The van der Waals surface area contributed by atoms with Gasteiger partial charge >= 0.3 is 0 Å². The summed E-state index contributed by atoms with van der Waals surface area (Å²) < 4.78 is 23.2. The van der Waals surface area contributed by atoms with Gasteiger partial charge in [0, 0.05) is 6.54 Å². The molecule has 0 saturated heterocycles. The van der Waals surface area contributed by atoms with Gasteiger partial charge in [-0.15, -0.1) is 0 Å². The Labute approximate surface area is 116 Å². The van der Waals surface area contributed by atoms with Crippen molar-refractivity contribution in [1.29, 1.82) is 0 Å². The molecule has 0 radical (unpaired) electrons. The van der Waals surface area contributed by atoms with Crippen molar-refractivity contribution in [2.75, 3.05) is 26.1 Å². The molecule has 0 bridgehead atoms. The molecule has 0 fully saturated rings. The van der Waals surface area contributed by atoms with Gasteiger partial charge in [-0.1, -0.05) is 12.1 Å². The maximum atomic E-state index is 13.0. The van der Waals surface area contributed by atoms with E-state index in [0.29, 0.717) is 30.7 Å². The number of ether oxygens (including phenoxy) is 2. The first-order valence-electron chi connectivity index (χ1n) is 6.16. The van der Waals surface area contributed by atoms with Crippen LogP contribution in [0.15, 0.2) is 30.3 Å². The van der Waals surface area contributed by atoms with Gasteiger partial charge in [0.25, 0.3) is 0 Å². The maximum absolute atomic E-state index is 13.0. The van der Waals surface area contributed by atoms with Crippen molar-refractivity contribution in [3.63, 3.8) is 0 Å². The summed E-state index contributed by atoms with van der Waals surface area (Å²) in [5, 5.41) is 3.06. The van der Waals surface area contributed by atoms with Crippen molar-refractivity contribution >= 4 is 5.95 Å². The first kappa shape index (κ1) is 14.0. The predicted octanol–water partition coefficient (Wildman–Crippen LogP) is 2.29. The van der Waals surface area contributed by atoms with E-state index in [4.69, 9.17) is 9.47 Å². The minimum absolute atomic E-state index is 0.234. The number of methoxy groups -OCH3 is 2. The van der Waals surface area contributed by atoms with Gasteiger partial charge in [-0.05, 0) is 24.1 Å². The van der Waals surface area contributed by atoms with Crippen LogP contribution in [0.25, 0.3) is 0 Å². The Hall–Kier alpha value is -2.37. The van der Waals surface area contributed by atoms with Crippen LogP contribution in [0.2, 0.25) is 0 Å². The van der Waals surface area contributed by atoms with E-state index in [2.05, 4.69) is 15.3 Å². The second kappa shape index (κ2) is 6.70. The predicted molar refractivity (Wildman–Crippen MR) is 73.7 cm³/mol. The fourth-order valence-corrected chi connectivity index (χ4v) is 1.70. The first-order valence-corrected chi connectivity index (χ1v) is 6.16. The molecular weight excluding hydrogens is 261 g/mol. The number of anilines is 1. The fraction of sp³-hybridized carbons (Fsp3) is 0.286. The molecule has 1 N–H and O–H groups in total. The van der Waals surface area contributed by atoms with Crippen LogP contribution in [-0.2, 0) is 6.42 Å². The molecule has 0 unspecified atom stereocenters. The number of benzene rings is 1. The van der Waals surface area contributed by atoms with Crippen LogP contribution in [0.5, 0.6) is 11.8 Å². The molecule has 1 heterocycles. The molecule has 0 aliphatic carbocycles. The molecular formula is C14H16FN3O2. The molecule has 0 spiro atoms. The topological polar surface area (TPSA) is 56.3 Å². The zero-order valence-electron chi connectivity index (χ0n) is 11.4. The Morgan fingerprint density at radius 2 is 1.80 bits per heavy atom. The second-order valence-corrected chi connectivity index (χ2v) is 4.08. The third-order valence-electron chi connectivity index (χ3n) is 2.68. The van der Waals surface area contributed by atoms with Crippen LogP contribution in [0.4, 0.5) is 10.3 Å². The molecule has 0 amide bonds. The van der Waals surface area contributed by atoms with E-state index in [0.717, 1.165) is 5.56 Å². The zero-order chi connectivity index (χ0) is 14.4. The monoisotopic (exact) mass is 277 g/mol. The van der Waals surface area contributed by atoms with E-state index < -0.39 is 0 Å². The van der Waals surface area contributed by atoms with Crippen molar-refractivity contribution in [3.05, 3.63) is 41.7 Å². The van der Waals surface area contributed by atoms with Crippen LogP contribution in [0.3, 0.4) is 0 Å². The molecule has 1 aromatic carbocycles. The lowest BCUT2D eigenvalue weighted by atomic mass is 10.1. The number of nitrogens with one attached hydrogen (secondary N) is 1. The highest BCUT2D eigenvalue weighted by atomic mass is 19.1. The summed E-state index contributed by atoms with van der Waals surface area (Å²) in [4.78, 5) is 8.30. The van der Waals surface area contributed by atoms with Crippen LogP contribution < -0.4 is 14.8 Å². The molecule has 2 rings (SSSR count). The minimum atomic E-state index is -0.234. The summed E-state index contributed by atoms with van der Waals surface area (Å²) in [6, 6.07) is 8.09. The fourth-order valence-electron chi connectivity index (χ4n) is 1.70. The summed E-state index contributed by atoms with van der Waals surface area (Å²) in [7, 11) is 3.05. The maximum Gasteiger partial charge on any atom is 0.229 e. The van der Waals surface area contributed by atoms with E-state index in [-0.39, 0.29) is 5.82 Å².